The highest BCUT2D eigenvalue weighted by atomic mass is 16.5. The molecule has 1 saturated carbocycles. The van der Waals surface area contributed by atoms with Crippen LogP contribution in [0.15, 0.2) is 23.8 Å². The van der Waals surface area contributed by atoms with Crippen molar-refractivity contribution in [2.45, 2.75) is 31.2 Å². The number of hydrogen-bond acceptors (Lipinski definition) is 4. The van der Waals surface area contributed by atoms with E-state index < -0.39 is 5.54 Å². The molecule has 4 rings (SSSR count). The minimum absolute atomic E-state index is 0.343. The molecule has 4 heteroatoms. The number of nitrogens with zero attached hydrogens (tertiary/aromatic N) is 1. The average molecular weight is 299 g/mol. The third-order valence-corrected chi connectivity index (χ3v) is 5.40. The normalized spacial score (nSPS) is 26.8. The van der Waals surface area contributed by atoms with Crippen LogP contribution in [0.3, 0.4) is 0 Å². The summed E-state index contributed by atoms with van der Waals surface area (Å²) in [6.45, 7) is 1.81. The summed E-state index contributed by atoms with van der Waals surface area (Å²) in [4.78, 5) is 15.3. The summed E-state index contributed by atoms with van der Waals surface area (Å²) in [6, 6.07) is 4.08. The van der Waals surface area contributed by atoms with Gasteiger partial charge in [0.25, 0.3) is 0 Å². The van der Waals surface area contributed by atoms with Gasteiger partial charge in [-0.15, -0.1) is 0 Å². The number of carbonyl (C=O) groups is 1. The topological polar surface area (TPSA) is 38.8 Å². The molecule has 116 valence electrons. The first-order chi connectivity index (χ1) is 10.7. The summed E-state index contributed by atoms with van der Waals surface area (Å²) in [5.41, 5.74) is 3.10. The summed E-state index contributed by atoms with van der Waals surface area (Å²) in [5, 5.41) is 0. The molecule has 1 unspecified atom stereocenters. The maximum absolute atomic E-state index is 13.0. The smallest absolute Gasteiger partial charge is 0.161 e. The first-order valence-corrected chi connectivity index (χ1v) is 7.95. The molecular weight excluding hydrogens is 278 g/mol. The van der Waals surface area contributed by atoms with Gasteiger partial charge in [-0.1, -0.05) is 6.08 Å². The fraction of sp³-hybridized carbons (Fsp3) is 0.500. The van der Waals surface area contributed by atoms with E-state index in [1.54, 1.807) is 14.2 Å². The molecule has 2 aliphatic heterocycles. The van der Waals surface area contributed by atoms with Gasteiger partial charge in [0.05, 0.1) is 14.2 Å². The van der Waals surface area contributed by atoms with Crippen LogP contribution >= 0.6 is 0 Å². The van der Waals surface area contributed by atoms with E-state index in [2.05, 4.69) is 17.0 Å². The molecule has 0 N–H and O–H groups in total. The Morgan fingerprint density at radius 3 is 2.64 bits per heavy atom. The van der Waals surface area contributed by atoms with Crippen molar-refractivity contribution in [3.8, 4) is 11.5 Å². The number of Topliss-reactive ketones (excluding diaryl/α,β-unsaturated/α-hetero) is 1. The van der Waals surface area contributed by atoms with Crippen molar-refractivity contribution < 1.29 is 14.3 Å². The Hall–Kier alpha value is -1.81. The molecule has 0 saturated heterocycles. The zero-order chi connectivity index (χ0) is 15.3. The van der Waals surface area contributed by atoms with Crippen LogP contribution in [0.5, 0.6) is 11.5 Å². The van der Waals surface area contributed by atoms with Gasteiger partial charge in [-0.05, 0) is 48.1 Å². The van der Waals surface area contributed by atoms with Gasteiger partial charge < -0.3 is 9.47 Å². The van der Waals surface area contributed by atoms with E-state index in [9.17, 15) is 4.79 Å². The number of fused-ring (bicyclic) bond motifs is 1. The fourth-order valence-electron chi connectivity index (χ4n) is 4.44. The molecular formula is C18H21NO3. The van der Waals surface area contributed by atoms with Gasteiger partial charge in [0.1, 0.15) is 5.54 Å². The summed E-state index contributed by atoms with van der Waals surface area (Å²) < 4.78 is 10.9. The lowest BCUT2D eigenvalue weighted by Gasteiger charge is -2.46. The van der Waals surface area contributed by atoms with Crippen LogP contribution in [0.1, 0.15) is 30.4 Å². The maximum atomic E-state index is 13.0. The van der Waals surface area contributed by atoms with Crippen LogP contribution in [0.25, 0.3) is 0 Å². The van der Waals surface area contributed by atoms with Crippen molar-refractivity contribution in [1.82, 2.24) is 4.90 Å². The first-order valence-electron chi connectivity index (χ1n) is 7.95. The second-order valence-electron chi connectivity index (χ2n) is 6.28. The molecule has 3 aliphatic rings. The molecule has 2 heterocycles. The summed E-state index contributed by atoms with van der Waals surface area (Å²) in [5.74, 6) is 1.80. The van der Waals surface area contributed by atoms with E-state index in [0.717, 1.165) is 43.7 Å². The summed E-state index contributed by atoms with van der Waals surface area (Å²) in [6.07, 6.45) is 5.88. The van der Waals surface area contributed by atoms with Crippen molar-refractivity contribution in [3.63, 3.8) is 0 Å². The Labute approximate surface area is 130 Å². The SMILES string of the molecule is COc1cc2c(cc1OC)C13C(=O)CCCC1=CCN3CC2. The molecule has 4 nitrogen and oxygen atoms in total. The van der Waals surface area contributed by atoms with Crippen molar-refractivity contribution in [3.05, 3.63) is 34.9 Å². The van der Waals surface area contributed by atoms with Gasteiger partial charge in [0.15, 0.2) is 17.3 Å². The monoisotopic (exact) mass is 299 g/mol. The minimum Gasteiger partial charge on any atom is -0.493 e. The Bertz CT molecular complexity index is 679. The van der Waals surface area contributed by atoms with E-state index >= 15 is 0 Å². The second kappa shape index (κ2) is 4.85. The van der Waals surface area contributed by atoms with Crippen LogP contribution in [-0.4, -0.2) is 38.0 Å². The molecule has 0 aromatic heterocycles. The van der Waals surface area contributed by atoms with Crippen LogP contribution < -0.4 is 9.47 Å². The van der Waals surface area contributed by atoms with E-state index in [1.165, 1.54) is 11.1 Å². The molecule has 0 radical (unpaired) electrons. The molecule has 1 aliphatic carbocycles. The highest BCUT2D eigenvalue weighted by Crippen LogP contribution is 2.52. The van der Waals surface area contributed by atoms with Gasteiger partial charge >= 0.3 is 0 Å². The van der Waals surface area contributed by atoms with Crippen molar-refractivity contribution >= 4 is 5.78 Å². The van der Waals surface area contributed by atoms with E-state index in [0.29, 0.717) is 18.0 Å². The van der Waals surface area contributed by atoms with E-state index in [1.807, 2.05) is 6.07 Å². The van der Waals surface area contributed by atoms with Crippen LogP contribution in [-0.2, 0) is 16.8 Å². The second-order valence-corrected chi connectivity index (χ2v) is 6.28. The first kappa shape index (κ1) is 13.8. The lowest BCUT2D eigenvalue weighted by molar-refractivity contribution is -0.130. The van der Waals surface area contributed by atoms with Crippen LogP contribution in [0, 0.1) is 0 Å². The Morgan fingerprint density at radius 1 is 1.09 bits per heavy atom. The third-order valence-electron chi connectivity index (χ3n) is 5.40. The van der Waals surface area contributed by atoms with Gasteiger partial charge in [0.2, 0.25) is 0 Å². The highest BCUT2D eigenvalue weighted by Gasteiger charge is 2.54. The largest absolute Gasteiger partial charge is 0.493 e. The zero-order valence-corrected chi connectivity index (χ0v) is 13.1. The molecule has 22 heavy (non-hydrogen) atoms. The van der Waals surface area contributed by atoms with Crippen LogP contribution in [0.2, 0.25) is 0 Å². The average Bonchev–Trinajstić information content (AvgIpc) is 2.95. The molecule has 1 aromatic carbocycles. The third kappa shape index (κ3) is 1.59. The predicted octanol–water partition coefficient (Wildman–Crippen LogP) is 2.45. The number of carbonyl (C=O) groups excluding carboxylic acids is 1. The maximum Gasteiger partial charge on any atom is 0.161 e. The lowest BCUT2D eigenvalue weighted by Crippen LogP contribution is -2.55. The van der Waals surface area contributed by atoms with E-state index in [-0.39, 0.29) is 0 Å². The number of methoxy groups -OCH3 is 2. The van der Waals surface area contributed by atoms with Crippen molar-refractivity contribution in [2.24, 2.45) is 0 Å². The molecule has 1 fully saturated rings. The molecule has 1 spiro atoms. The summed E-state index contributed by atoms with van der Waals surface area (Å²) in [7, 11) is 3.31. The van der Waals surface area contributed by atoms with Crippen molar-refractivity contribution in [1.29, 1.82) is 0 Å². The lowest BCUT2D eigenvalue weighted by atomic mass is 9.69. The highest BCUT2D eigenvalue weighted by molar-refractivity contribution is 5.95. The number of benzene rings is 1. The van der Waals surface area contributed by atoms with E-state index in [4.69, 9.17) is 9.47 Å². The van der Waals surface area contributed by atoms with Gasteiger partial charge in [-0.3, -0.25) is 9.69 Å². The quantitative estimate of drug-likeness (QED) is 0.786. The predicted molar refractivity (Wildman–Crippen MR) is 83.4 cm³/mol. The number of ether oxygens (including phenoxy) is 2. The van der Waals surface area contributed by atoms with Gasteiger partial charge in [-0.2, -0.15) is 0 Å². The molecule has 0 bridgehead atoms. The fourth-order valence-corrected chi connectivity index (χ4v) is 4.44. The van der Waals surface area contributed by atoms with Crippen molar-refractivity contribution in [2.75, 3.05) is 27.3 Å². The Kier molecular flexibility index (Phi) is 3.05. The molecule has 1 aromatic rings. The van der Waals surface area contributed by atoms with Gasteiger partial charge in [-0.25, -0.2) is 0 Å². The number of rotatable bonds is 2. The molecule has 0 amide bonds. The number of hydrogen-bond donors (Lipinski definition) is 0. The Morgan fingerprint density at radius 2 is 1.86 bits per heavy atom. The summed E-state index contributed by atoms with van der Waals surface area (Å²) >= 11 is 0. The standard InChI is InChI=1S/C18H21NO3/c1-21-15-10-12-6-8-19-9-7-13-4-3-5-17(20)18(13,19)14(12)11-16(15)22-2/h7,10-11H,3-6,8-9H2,1-2H3. The minimum atomic E-state index is -0.522. The van der Waals surface area contributed by atoms with Gasteiger partial charge in [0, 0.05) is 19.5 Å². The Balaban J connectivity index is 1.96. The molecule has 1 atom stereocenters. The number of ketones is 1. The zero-order valence-electron chi connectivity index (χ0n) is 13.1. The van der Waals surface area contributed by atoms with Crippen LogP contribution in [0.4, 0.5) is 0 Å².